The summed E-state index contributed by atoms with van der Waals surface area (Å²) < 4.78 is 5.29. The Kier molecular flexibility index (Phi) is 4.61. The van der Waals surface area contributed by atoms with Crippen LogP contribution < -0.4 is 10.1 Å². The molecule has 0 amide bonds. The van der Waals surface area contributed by atoms with Gasteiger partial charge in [0, 0.05) is 12.6 Å². The molecule has 18 heavy (non-hydrogen) atoms. The van der Waals surface area contributed by atoms with Crippen molar-refractivity contribution in [1.29, 1.82) is 5.26 Å². The zero-order valence-corrected chi connectivity index (χ0v) is 11.9. The zero-order valence-electron chi connectivity index (χ0n) is 11.9. The summed E-state index contributed by atoms with van der Waals surface area (Å²) in [6.07, 6.45) is 0. The average molecular weight is 246 g/mol. The summed E-state index contributed by atoms with van der Waals surface area (Å²) in [6.45, 7) is 9.80. The molecule has 0 aliphatic heterocycles. The molecule has 0 bridgehead atoms. The Hall–Kier alpha value is -1.69. The molecule has 0 aromatic heterocycles. The highest BCUT2D eigenvalue weighted by Crippen LogP contribution is 2.29. The number of benzene rings is 1. The van der Waals surface area contributed by atoms with Gasteiger partial charge in [0.15, 0.2) is 0 Å². The van der Waals surface area contributed by atoms with Crippen molar-refractivity contribution in [3.05, 3.63) is 23.8 Å². The van der Waals surface area contributed by atoms with Crippen LogP contribution >= 0.6 is 0 Å². The lowest BCUT2D eigenvalue weighted by Gasteiger charge is -2.28. The molecule has 0 saturated carbocycles. The van der Waals surface area contributed by atoms with Crippen molar-refractivity contribution in [3.8, 4) is 11.8 Å². The van der Waals surface area contributed by atoms with Crippen LogP contribution in [0.25, 0.3) is 0 Å². The molecule has 0 heterocycles. The number of nitrogens with zero attached hydrogens (tertiary/aromatic N) is 1. The number of ether oxygens (including phenoxy) is 1. The second-order valence-electron chi connectivity index (χ2n) is 5.67. The maximum absolute atomic E-state index is 8.85. The van der Waals surface area contributed by atoms with Crippen molar-refractivity contribution in [2.45, 2.75) is 27.7 Å². The van der Waals surface area contributed by atoms with E-state index in [4.69, 9.17) is 10.00 Å². The largest absolute Gasteiger partial charge is 0.495 e. The molecule has 1 rings (SSSR count). The SMILES string of the molecule is COc1cc(C#N)ccc1NCC(C)C(C)(C)C. The van der Waals surface area contributed by atoms with Crippen molar-refractivity contribution in [2.75, 3.05) is 19.0 Å². The van der Waals surface area contributed by atoms with Gasteiger partial charge in [-0.2, -0.15) is 5.26 Å². The topological polar surface area (TPSA) is 45.0 Å². The number of hydrogen-bond donors (Lipinski definition) is 1. The fraction of sp³-hybridized carbons (Fsp3) is 0.533. The highest BCUT2D eigenvalue weighted by molar-refractivity contribution is 5.59. The van der Waals surface area contributed by atoms with Gasteiger partial charge in [0.2, 0.25) is 0 Å². The van der Waals surface area contributed by atoms with Crippen LogP contribution in [0.2, 0.25) is 0 Å². The first kappa shape index (κ1) is 14.4. The van der Waals surface area contributed by atoms with E-state index in [0.29, 0.717) is 11.5 Å². The van der Waals surface area contributed by atoms with E-state index < -0.39 is 0 Å². The highest BCUT2D eigenvalue weighted by atomic mass is 16.5. The standard InChI is InChI=1S/C15H22N2O/c1-11(15(2,3)4)10-17-13-7-6-12(9-16)8-14(13)18-5/h6-8,11,17H,10H2,1-5H3. The molecule has 0 aliphatic carbocycles. The van der Waals surface area contributed by atoms with E-state index in [1.165, 1.54) is 0 Å². The van der Waals surface area contributed by atoms with Crippen LogP contribution in [0, 0.1) is 22.7 Å². The molecule has 0 aliphatic rings. The molecule has 0 spiro atoms. The fourth-order valence-corrected chi connectivity index (χ4v) is 1.48. The molecular formula is C15H22N2O. The Labute approximate surface area is 110 Å². The molecule has 1 N–H and O–H groups in total. The molecule has 1 aromatic rings. The maximum Gasteiger partial charge on any atom is 0.143 e. The number of hydrogen-bond acceptors (Lipinski definition) is 3. The van der Waals surface area contributed by atoms with E-state index in [9.17, 15) is 0 Å². The van der Waals surface area contributed by atoms with Crippen molar-refractivity contribution >= 4 is 5.69 Å². The molecule has 1 atom stereocenters. The third-order valence-corrected chi connectivity index (χ3v) is 3.41. The van der Waals surface area contributed by atoms with Crippen LogP contribution in [0.15, 0.2) is 18.2 Å². The van der Waals surface area contributed by atoms with Crippen LogP contribution in [0.3, 0.4) is 0 Å². The number of nitrogens with one attached hydrogen (secondary N) is 1. The van der Waals surface area contributed by atoms with E-state index in [2.05, 4.69) is 39.1 Å². The first-order valence-corrected chi connectivity index (χ1v) is 6.20. The lowest BCUT2D eigenvalue weighted by Crippen LogP contribution is -2.24. The van der Waals surface area contributed by atoms with Gasteiger partial charge in [-0.3, -0.25) is 0 Å². The van der Waals surface area contributed by atoms with Crippen LogP contribution in [-0.4, -0.2) is 13.7 Å². The predicted molar refractivity (Wildman–Crippen MR) is 74.8 cm³/mol. The van der Waals surface area contributed by atoms with E-state index in [1.807, 2.05) is 6.07 Å². The molecule has 0 radical (unpaired) electrons. The van der Waals surface area contributed by atoms with Gasteiger partial charge < -0.3 is 10.1 Å². The molecule has 1 unspecified atom stereocenters. The van der Waals surface area contributed by atoms with Gasteiger partial charge in [-0.15, -0.1) is 0 Å². The summed E-state index contributed by atoms with van der Waals surface area (Å²) >= 11 is 0. The van der Waals surface area contributed by atoms with Gasteiger partial charge in [0.1, 0.15) is 5.75 Å². The van der Waals surface area contributed by atoms with Gasteiger partial charge in [0.25, 0.3) is 0 Å². The Morgan fingerprint density at radius 1 is 1.39 bits per heavy atom. The summed E-state index contributed by atoms with van der Waals surface area (Å²) in [5.41, 5.74) is 1.82. The number of anilines is 1. The van der Waals surface area contributed by atoms with Crippen LogP contribution in [-0.2, 0) is 0 Å². The number of methoxy groups -OCH3 is 1. The maximum atomic E-state index is 8.85. The number of nitriles is 1. The van der Waals surface area contributed by atoms with Crippen molar-refractivity contribution in [3.63, 3.8) is 0 Å². The Morgan fingerprint density at radius 3 is 2.56 bits per heavy atom. The van der Waals surface area contributed by atoms with Crippen molar-refractivity contribution in [1.82, 2.24) is 0 Å². The van der Waals surface area contributed by atoms with E-state index in [0.717, 1.165) is 18.0 Å². The minimum atomic E-state index is 0.271. The summed E-state index contributed by atoms with van der Waals surface area (Å²) in [5.74, 6) is 1.26. The fourth-order valence-electron chi connectivity index (χ4n) is 1.48. The number of rotatable bonds is 4. The van der Waals surface area contributed by atoms with Crippen LogP contribution in [0.4, 0.5) is 5.69 Å². The van der Waals surface area contributed by atoms with Crippen LogP contribution in [0.1, 0.15) is 33.3 Å². The summed E-state index contributed by atoms with van der Waals surface area (Å²) in [7, 11) is 1.62. The van der Waals surface area contributed by atoms with E-state index >= 15 is 0 Å². The normalized spacial score (nSPS) is 12.7. The summed E-state index contributed by atoms with van der Waals surface area (Å²) in [4.78, 5) is 0. The third kappa shape index (κ3) is 3.66. The average Bonchev–Trinajstić information content (AvgIpc) is 2.34. The predicted octanol–water partition coefficient (Wildman–Crippen LogP) is 3.66. The van der Waals surface area contributed by atoms with Crippen LogP contribution in [0.5, 0.6) is 5.75 Å². The quantitative estimate of drug-likeness (QED) is 0.881. The monoisotopic (exact) mass is 246 g/mol. The van der Waals surface area contributed by atoms with Gasteiger partial charge in [-0.25, -0.2) is 0 Å². The Morgan fingerprint density at radius 2 is 2.06 bits per heavy atom. The minimum Gasteiger partial charge on any atom is -0.495 e. The second kappa shape index (κ2) is 5.77. The van der Waals surface area contributed by atoms with Gasteiger partial charge >= 0.3 is 0 Å². The first-order chi connectivity index (χ1) is 8.38. The molecule has 3 heteroatoms. The molecule has 3 nitrogen and oxygen atoms in total. The smallest absolute Gasteiger partial charge is 0.143 e. The zero-order chi connectivity index (χ0) is 13.8. The van der Waals surface area contributed by atoms with Gasteiger partial charge in [-0.1, -0.05) is 27.7 Å². The molecule has 98 valence electrons. The van der Waals surface area contributed by atoms with Crippen molar-refractivity contribution in [2.24, 2.45) is 11.3 Å². The van der Waals surface area contributed by atoms with Gasteiger partial charge in [-0.05, 0) is 23.5 Å². The lowest BCUT2D eigenvalue weighted by molar-refractivity contribution is 0.274. The third-order valence-electron chi connectivity index (χ3n) is 3.41. The summed E-state index contributed by atoms with van der Waals surface area (Å²) in [5, 5.41) is 12.2. The Balaban J connectivity index is 2.77. The Bertz CT molecular complexity index is 441. The first-order valence-electron chi connectivity index (χ1n) is 6.20. The van der Waals surface area contributed by atoms with Crippen molar-refractivity contribution < 1.29 is 4.74 Å². The minimum absolute atomic E-state index is 0.271. The second-order valence-corrected chi connectivity index (χ2v) is 5.67. The lowest BCUT2D eigenvalue weighted by atomic mass is 9.82. The summed E-state index contributed by atoms with van der Waals surface area (Å²) in [6, 6.07) is 7.56. The highest BCUT2D eigenvalue weighted by Gasteiger charge is 2.19. The van der Waals surface area contributed by atoms with Gasteiger partial charge in [0.05, 0.1) is 24.4 Å². The van der Waals surface area contributed by atoms with E-state index in [-0.39, 0.29) is 5.41 Å². The molecular weight excluding hydrogens is 224 g/mol. The van der Waals surface area contributed by atoms with E-state index in [1.54, 1.807) is 19.2 Å². The molecule has 0 saturated heterocycles. The molecule has 0 fully saturated rings. The molecule has 1 aromatic carbocycles.